The van der Waals surface area contributed by atoms with Crippen molar-refractivity contribution in [3.05, 3.63) is 29.5 Å². The van der Waals surface area contributed by atoms with Crippen LogP contribution in [0.25, 0.3) is 5.65 Å². The summed E-state index contributed by atoms with van der Waals surface area (Å²) in [7, 11) is 0. The van der Waals surface area contributed by atoms with E-state index in [2.05, 4.69) is 21.3 Å². The van der Waals surface area contributed by atoms with Gasteiger partial charge in [-0.05, 0) is 19.9 Å². The fourth-order valence-corrected chi connectivity index (χ4v) is 1.91. The molecule has 4 heteroatoms. The van der Waals surface area contributed by atoms with Crippen LogP contribution in [-0.4, -0.2) is 20.9 Å². The maximum absolute atomic E-state index is 5.55. The molecule has 0 bridgehead atoms. The molecule has 2 heterocycles. The van der Waals surface area contributed by atoms with Crippen LogP contribution in [0.4, 0.5) is 0 Å². The molecule has 2 aromatic heterocycles. The Morgan fingerprint density at radius 3 is 2.88 bits per heavy atom. The lowest BCUT2D eigenvalue weighted by Gasteiger charge is -2.03. The summed E-state index contributed by atoms with van der Waals surface area (Å²) in [6.07, 6.45) is 6.94. The molecule has 0 aliphatic carbocycles. The molecule has 0 atom stereocenters. The van der Waals surface area contributed by atoms with Gasteiger partial charge in [-0.15, -0.1) is 0 Å². The Morgan fingerprint density at radius 2 is 2.19 bits per heavy atom. The van der Waals surface area contributed by atoms with Crippen molar-refractivity contribution < 1.29 is 0 Å². The number of nitrogens with zero attached hydrogens (tertiary/aromatic N) is 3. The molecule has 2 N–H and O–H groups in total. The van der Waals surface area contributed by atoms with Crippen LogP contribution in [0.5, 0.6) is 0 Å². The fourth-order valence-electron chi connectivity index (χ4n) is 1.91. The van der Waals surface area contributed by atoms with Gasteiger partial charge in [0, 0.05) is 24.4 Å². The van der Waals surface area contributed by atoms with Gasteiger partial charge in [0.2, 0.25) is 0 Å². The SMILES string of the molecule is CCCc1cnc(C)n2cc(CCN)nc12. The zero-order chi connectivity index (χ0) is 11.5. The first-order valence-corrected chi connectivity index (χ1v) is 5.78. The fraction of sp³-hybridized carbons (Fsp3) is 0.500. The summed E-state index contributed by atoms with van der Waals surface area (Å²) < 4.78 is 2.07. The molecule has 86 valence electrons. The minimum Gasteiger partial charge on any atom is -0.330 e. The zero-order valence-electron chi connectivity index (χ0n) is 9.90. The predicted octanol–water partition coefficient (Wildman–Crippen LogP) is 1.49. The molecule has 0 fully saturated rings. The van der Waals surface area contributed by atoms with Gasteiger partial charge in [-0.1, -0.05) is 13.3 Å². The van der Waals surface area contributed by atoms with E-state index in [1.165, 1.54) is 5.56 Å². The first-order valence-electron chi connectivity index (χ1n) is 5.78. The molecule has 4 nitrogen and oxygen atoms in total. The zero-order valence-corrected chi connectivity index (χ0v) is 9.90. The number of fused-ring (bicyclic) bond motifs is 1. The lowest BCUT2D eigenvalue weighted by Crippen LogP contribution is -2.02. The highest BCUT2D eigenvalue weighted by Gasteiger charge is 2.08. The van der Waals surface area contributed by atoms with Crippen LogP contribution in [0.3, 0.4) is 0 Å². The topological polar surface area (TPSA) is 56.2 Å². The van der Waals surface area contributed by atoms with Gasteiger partial charge < -0.3 is 5.73 Å². The largest absolute Gasteiger partial charge is 0.330 e. The number of aromatic nitrogens is 3. The normalized spacial score (nSPS) is 11.2. The average molecular weight is 218 g/mol. The molecule has 2 aromatic rings. The van der Waals surface area contributed by atoms with Crippen molar-refractivity contribution in [2.24, 2.45) is 5.73 Å². The Morgan fingerprint density at radius 1 is 1.38 bits per heavy atom. The summed E-state index contributed by atoms with van der Waals surface area (Å²) in [6, 6.07) is 0. The first-order chi connectivity index (χ1) is 7.76. The van der Waals surface area contributed by atoms with Gasteiger partial charge in [-0.25, -0.2) is 9.97 Å². The van der Waals surface area contributed by atoms with E-state index in [4.69, 9.17) is 5.73 Å². The third-order valence-corrected chi connectivity index (χ3v) is 2.72. The molecule has 0 saturated carbocycles. The second-order valence-corrected chi connectivity index (χ2v) is 4.05. The Hall–Kier alpha value is -1.42. The standard InChI is InChI=1S/C12H18N4/c1-3-4-10-7-14-9(2)16-8-11(5-6-13)15-12(10)16/h7-8H,3-6,13H2,1-2H3. The smallest absolute Gasteiger partial charge is 0.143 e. The molecule has 0 unspecified atom stereocenters. The van der Waals surface area contributed by atoms with E-state index in [-0.39, 0.29) is 0 Å². The van der Waals surface area contributed by atoms with Gasteiger partial charge in [0.05, 0.1) is 5.69 Å². The minimum absolute atomic E-state index is 0.638. The van der Waals surface area contributed by atoms with E-state index in [0.29, 0.717) is 6.54 Å². The van der Waals surface area contributed by atoms with E-state index < -0.39 is 0 Å². The van der Waals surface area contributed by atoms with Crippen LogP contribution < -0.4 is 5.73 Å². The van der Waals surface area contributed by atoms with Crippen LogP contribution in [0.2, 0.25) is 0 Å². The number of hydrogen-bond donors (Lipinski definition) is 1. The molecule has 0 aliphatic rings. The van der Waals surface area contributed by atoms with Gasteiger partial charge in [-0.2, -0.15) is 0 Å². The molecular weight excluding hydrogens is 200 g/mol. The van der Waals surface area contributed by atoms with Crippen LogP contribution in [0, 0.1) is 6.92 Å². The molecule has 0 saturated heterocycles. The first kappa shape index (κ1) is 11.1. The van der Waals surface area contributed by atoms with Crippen molar-refractivity contribution in [2.75, 3.05) is 6.54 Å². The second-order valence-electron chi connectivity index (χ2n) is 4.05. The average Bonchev–Trinajstić information content (AvgIpc) is 2.68. The van der Waals surface area contributed by atoms with E-state index in [9.17, 15) is 0 Å². The highest BCUT2D eigenvalue weighted by molar-refractivity contribution is 5.48. The lowest BCUT2D eigenvalue weighted by atomic mass is 10.2. The monoisotopic (exact) mass is 218 g/mol. The number of aryl methyl sites for hydroxylation is 2. The van der Waals surface area contributed by atoms with Crippen LogP contribution in [-0.2, 0) is 12.8 Å². The number of nitrogens with two attached hydrogens (primary N) is 1. The third kappa shape index (κ3) is 1.93. The molecule has 0 aromatic carbocycles. The summed E-state index contributed by atoms with van der Waals surface area (Å²) >= 11 is 0. The van der Waals surface area contributed by atoms with Gasteiger partial charge in [-0.3, -0.25) is 4.40 Å². The van der Waals surface area contributed by atoms with E-state index in [1.807, 2.05) is 19.3 Å². The number of hydrogen-bond acceptors (Lipinski definition) is 3. The maximum Gasteiger partial charge on any atom is 0.143 e. The molecule has 0 spiro atoms. The van der Waals surface area contributed by atoms with Crippen LogP contribution in [0.15, 0.2) is 12.4 Å². The highest BCUT2D eigenvalue weighted by Crippen LogP contribution is 2.14. The number of rotatable bonds is 4. The third-order valence-electron chi connectivity index (χ3n) is 2.72. The maximum atomic E-state index is 5.55. The van der Waals surface area contributed by atoms with Crippen molar-refractivity contribution in [1.29, 1.82) is 0 Å². The number of imidazole rings is 1. The van der Waals surface area contributed by atoms with Gasteiger partial charge >= 0.3 is 0 Å². The van der Waals surface area contributed by atoms with Crippen LogP contribution in [0.1, 0.15) is 30.4 Å². The van der Waals surface area contributed by atoms with E-state index in [1.54, 1.807) is 0 Å². The molecule has 2 rings (SSSR count). The lowest BCUT2D eigenvalue weighted by molar-refractivity contribution is 0.885. The Kier molecular flexibility index (Phi) is 3.19. The quantitative estimate of drug-likeness (QED) is 0.846. The molecule has 0 amide bonds. The van der Waals surface area contributed by atoms with Crippen molar-refractivity contribution in [1.82, 2.24) is 14.4 Å². The van der Waals surface area contributed by atoms with Crippen LogP contribution >= 0.6 is 0 Å². The molecule has 0 aliphatic heterocycles. The van der Waals surface area contributed by atoms with Crippen molar-refractivity contribution >= 4 is 5.65 Å². The summed E-state index contributed by atoms with van der Waals surface area (Å²) in [6.45, 7) is 4.80. The minimum atomic E-state index is 0.638. The summed E-state index contributed by atoms with van der Waals surface area (Å²) in [5.74, 6) is 0.977. The van der Waals surface area contributed by atoms with Gasteiger partial charge in [0.15, 0.2) is 0 Å². The van der Waals surface area contributed by atoms with Crippen molar-refractivity contribution in [2.45, 2.75) is 33.1 Å². The highest BCUT2D eigenvalue weighted by atomic mass is 15.1. The second kappa shape index (κ2) is 4.61. The molecule has 0 radical (unpaired) electrons. The Bertz CT molecular complexity index is 487. The summed E-state index contributed by atoms with van der Waals surface area (Å²) in [4.78, 5) is 9.02. The van der Waals surface area contributed by atoms with E-state index >= 15 is 0 Å². The molecule has 16 heavy (non-hydrogen) atoms. The van der Waals surface area contributed by atoms with Gasteiger partial charge in [0.1, 0.15) is 11.5 Å². The molecular formula is C12H18N4. The van der Waals surface area contributed by atoms with Gasteiger partial charge in [0.25, 0.3) is 0 Å². The Balaban J connectivity index is 2.53. The Labute approximate surface area is 95.5 Å². The summed E-state index contributed by atoms with van der Waals surface area (Å²) in [5.41, 5.74) is 8.86. The summed E-state index contributed by atoms with van der Waals surface area (Å²) in [5, 5.41) is 0. The predicted molar refractivity (Wildman–Crippen MR) is 64.5 cm³/mol. The van der Waals surface area contributed by atoms with Crippen molar-refractivity contribution in [3.8, 4) is 0 Å². The van der Waals surface area contributed by atoms with E-state index in [0.717, 1.165) is 36.4 Å². The van der Waals surface area contributed by atoms with Crippen molar-refractivity contribution in [3.63, 3.8) is 0 Å².